The third-order valence-corrected chi connectivity index (χ3v) is 6.95. The first-order valence-corrected chi connectivity index (χ1v) is 11.2. The molecular weight excluding hydrogens is 418 g/mol. The smallest absolute Gasteiger partial charge is 0.261 e. The van der Waals surface area contributed by atoms with Crippen LogP contribution in [-0.4, -0.2) is 46.3 Å². The molecule has 1 unspecified atom stereocenters. The molecule has 8 nitrogen and oxygen atoms in total. The van der Waals surface area contributed by atoms with Gasteiger partial charge in [0.25, 0.3) is 5.56 Å². The lowest BCUT2D eigenvalue weighted by Crippen LogP contribution is -2.43. The quantitative estimate of drug-likeness (QED) is 0.606. The molecule has 0 spiro atoms. The van der Waals surface area contributed by atoms with Crippen LogP contribution in [0.25, 0.3) is 10.9 Å². The summed E-state index contributed by atoms with van der Waals surface area (Å²) in [7, 11) is -3.19. The number of rotatable bonds is 5. The van der Waals surface area contributed by atoms with Gasteiger partial charge < -0.3 is 9.32 Å². The number of hydrogen-bond acceptors (Lipinski definition) is 6. The van der Waals surface area contributed by atoms with Gasteiger partial charge in [0.05, 0.1) is 41.5 Å². The van der Waals surface area contributed by atoms with Gasteiger partial charge in [0.2, 0.25) is 5.91 Å². The van der Waals surface area contributed by atoms with Crippen molar-refractivity contribution >= 4 is 38.2 Å². The maximum atomic E-state index is 13.1. The summed E-state index contributed by atoms with van der Waals surface area (Å²) in [6.45, 7) is -0.126. The monoisotopic (exact) mass is 435 g/mol. The average molecular weight is 436 g/mol. The summed E-state index contributed by atoms with van der Waals surface area (Å²) in [5.74, 6) is 0.0994. The van der Waals surface area contributed by atoms with E-state index in [1.165, 1.54) is 28.1 Å². The molecule has 0 saturated carbocycles. The highest BCUT2D eigenvalue weighted by atomic mass is 35.5. The predicted octanol–water partition coefficient (Wildman–Crippen LogP) is 1.86. The van der Waals surface area contributed by atoms with Crippen LogP contribution in [-0.2, 0) is 27.7 Å². The van der Waals surface area contributed by atoms with E-state index < -0.39 is 15.9 Å². The first kappa shape index (κ1) is 19.7. The van der Waals surface area contributed by atoms with Gasteiger partial charge in [-0.1, -0.05) is 11.6 Å². The van der Waals surface area contributed by atoms with Crippen LogP contribution >= 0.6 is 11.6 Å². The zero-order valence-corrected chi connectivity index (χ0v) is 16.9. The molecule has 3 heterocycles. The molecule has 0 N–H and O–H groups in total. The molecule has 10 heteroatoms. The molecule has 2 aromatic heterocycles. The molecule has 1 aliphatic heterocycles. The maximum Gasteiger partial charge on any atom is 0.261 e. The van der Waals surface area contributed by atoms with E-state index >= 15 is 0 Å². The van der Waals surface area contributed by atoms with Gasteiger partial charge in [-0.25, -0.2) is 13.4 Å². The second kappa shape index (κ2) is 7.64. The van der Waals surface area contributed by atoms with Crippen LogP contribution in [0.15, 0.2) is 52.1 Å². The summed E-state index contributed by atoms with van der Waals surface area (Å²) in [5, 5.41) is 0.713. The van der Waals surface area contributed by atoms with Crippen molar-refractivity contribution in [1.82, 2.24) is 14.5 Å². The molecule has 0 bridgehead atoms. The number of amides is 1. The van der Waals surface area contributed by atoms with Crippen LogP contribution in [0.1, 0.15) is 12.2 Å². The van der Waals surface area contributed by atoms with Crippen LogP contribution in [0.4, 0.5) is 0 Å². The van der Waals surface area contributed by atoms with E-state index in [1.54, 1.807) is 24.3 Å². The van der Waals surface area contributed by atoms with Crippen LogP contribution in [0.2, 0.25) is 5.02 Å². The number of nitrogens with zero attached hydrogens (tertiary/aromatic N) is 3. The molecule has 1 aliphatic rings. The molecule has 0 aliphatic carbocycles. The molecule has 1 amide bonds. The number of aromatic nitrogens is 2. The largest absolute Gasteiger partial charge is 0.467 e. The Labute approximate surface area is 171 Å². The lowest BCUT2D eigenvalue weighted by molar-refractivity contribution is -0.134. The summed E-state index contributed by atoms with van der Waals surface area (Å²) >= 11 is 5.97. The van der Waals surface area contributed by atoms with E-state index in [0.717, 1.165) is 0 Å². The minimum Gasteiger partial charge on any atom is -0.467 e. The van der Waals surface area contributed by atoms with Gasteiger partial charge in [0, 0.05) is 11.1 Å². The summed E-state index contributed by atoms with van der Waals surface area (Å²) < 4.78 is 30.4. The Balaban J connectivity index is 1.63. The van der Waals surface area contributed by atoms with Crippen molar-refractivity contribution < 1.29 is 17.6 Å². The number of furan rings is 1. The lowest BCUT2D eigenvalue weighted by atomic mass is 10.2. The van der Waals surface area contributed by atoms with E-state index in [2.05, 4.69) is 4.98 Å². The van der Waals surface area contributed by atoms with Crippen LogP contribution in [0.3, 0.4) is 0 Å². The fourth-order valence-electron chi connectivity index (χ4n) is 3.49. The summed E-state index contributed by atoms with van der Waals surface area (Å²) in [5.41, 5.74) is 0.0975. The fourth-order valence-corrected chi connectivity index (χ4v) is 5.40. The minimum absolute atomic E-state index is 0.0373. The normalized spacial score (nSPS) is 18.2. The number of halogens is 1. The summed E-state index contributed by atoms with van der Waals surface area (Å²) in [4.78, 5) is 31.5. The average Bonchev–Trinajstić information content (AvgIpc) is 3.31. The second-order valence-corrected chi connectivity index (χ2v) is 9.66. The first-order chi connectivity index (χ1) is 13.8. The Kier molecular flexibility index (Phi) is 5.18. The Morgan fingerprint density at radius 1 is 1.34 bits per heavy atom. The molecule has 1 aromatic carbocycles. The number of hydrogen-bond donors (Lipinski definition) is 0. The first-order valence-electron chi connectivity index (χ1n) is 8.99. The van der Waals surface area contributed by atoms with Crippen molar-refractivity contribution in [1.29, 1.82) is 0 Å². The zero-order valence-electron chi connectivity index (χ0n) is 15.3. The molecule has 152 valence electrons. The summed E-state index contributed by atoms with van der Waals surface area (Å²) in [6, 6.07) is 7.74. The molecule has 29 heavy (non-hydrogen) atoms. The second-order valence-electron chi connectivity index (χ2n) is 7.00. The van der Waals surface area contributed by atoms with E-state index in [4.69, 9.17) is 16.0 Å². The fraction of sp³-hybridized carbons (Fsp3) is 0.316. The van der Waals surface area contributed by atoms with Crippen molar-refractivity contribution in [3.05, 3.63) is 64.1 Å². The lowest BCUT2D eigenvalue weighted by Gasteiger charge is -2.27. The topological polar surface area (TPSA) is 102 Å². The molecule has 1 atom stereocenters. The molecule has 4 rings (SSSR count). The van der Waals surface area contributed by atoms with E-state index in [0.29, 0.717) is 28.1 Å². The molecule has 3 aromatic rings. The maximum absolute atomic E-state index is 13.1. The number of benzene rings is 1. The minimum atomic E-state index is -3.19. The number of carbonyl (C=O) groups is 1. The highest BCUT2D eigenvalue weighted by Crippen LogP contribution is 2.21. The van der Waals surface area contributed by atoms with Gasteiger partial charge in [0.15, 0.2) is 9.84 Å². The Bertz CT molecular complexity index is 1220. The van der Waals surface area contributed by atoms with Crippen LogP contribution in [0.5, 0.6) is 0 Å². The molecule has 1 fully saturated rings. The molecule has 0 radical (unpaired) electrons. The highest BCUT2D eigenvalue weighted by molar-refractivity contribution is 7.91. The SMILES string of the molecule is O=C(Cn1cnc2ccc(Cl)cc2c1=O)N(Cc1ccco1)C1CCS(=O)(=O)C1. The van der Waals surface area contributed by atoms with E-state index in [-0.39, 0.29) is 36.1 Å². The number of fused-ring (bicyclic) bond motifs is 1. The standard InChI is InChI=1S/C19H18ClN3O5S/c20-13-3-4-17-16(8-13)19(25)22(12-21-17)10-18(24)23(9-15-2-1-6-28-15)14-5-7-29(26,27)11-14/h1-4,6,8,12,14H,5,7,9-11H2. The van der Waals surface area contributed by atoms with Gasteiger partial charge in [0.1, 0.15) is 12.3 Å². The molecular formula is C19H18ClN3O5S. The summed E-state index contributed by atoms with van der Waals surface area (Å²) in [6.07, 6.45) is 3.16. The van der Waals surface area contributed by atoms with Crippen molar-refractivity contribution in [2.45, 2.75) is 25.6 Å². The number of carbonyl (C=O) groups excluding carboxylic acids is 1. The highest BCUT2D eigenvalue weighted by Gasteiger charge is 2.35. The number of sulfone groups is 1. The Hall–Kier alpha value is -2.65. The zero-order chi connectivity index (χ0) is 20.6. The van der Waals surface area contributed by atoms with E-state index in [1.807, 2.05) is 0 Å². The van der Waals surface area contributed by atoms with Crippen LogP contribution in [0, 0.1) is 0 Å². The van der Waals surface area contributed by atoms with Gasteiger partial charge in [-0.05, 0) is 36.8 Å². The predicted molar refractivity (Wildman–Crippen MR) is 107 cm³/mol. The van der Waals surface area contributed by atoms with Gasteiger partial charge in [-0.2, -0.15) is 0 Å². The Morgan fingerprint density at radius 2 is 2.17 bits per heavy atom. The van der Waals surface area contributed by atoms with Crippen molar-refractivity contribution in [2.24, 2.45) is 0 Å². The van der Waals surface area contributed by atoms with Gasteiger partial charge >= 0.3 is 0 Å². The van der Waals surface area contributed by atoms with Crippen LogP contribution < -0.4 is 5.56 Å². The van der Waals surface area contributed by atoms with E-state index in [9.17, 15) is 18.0 Å². The molecule has 1 saturated heterocycles. The van der Waals surface area contributed by atoms with Gasteiger partial charge in [-0.15, -0.1) is 0 Å². The van der Waals surface area contributed by atoms with Crippen molar-refractivity contribution in [2.75, 3.05) is 11.5 Å². The Morgan fingerprint density at radius 3 is 2.86 bits per heavy atom. The van der Waals surface area contributed by atoms with Crippen molar-refractivity contribution in [3.8, 4) is 0 Å². The third kappa shape index (κ3) is 4.20. The third-order valence-electron chi connectivity index (χ3n) is 4.97. The van der Waals surface area contributed by atoms with Gasteiger partial charge in [-0.3, -0.25) is 14.2 Å². The van der Waals surface area contributed by atoms with Crippen molar-refractivity contribution in [3.63, 3.8) is 0 Å².